The number of aryl methyl sites for hydroxylation is 1. The van der Waals surface area contributed by atoms with Gasteiger partial charge in [0, 0.05) is 6.42 Å². The van der Waals surface area contributed by atoms with Gasteiger partial charge in [0.1, 0.15) is 11.5 Å². The number of fused-ring (bicyclic) bond motifs is 2. The molecule has 0 spiro atoms. The van der Waals surface area contributed by atoms with Crippen molar-refractivity contribution in [3.8, 4) is 0 Å². The van der Waals surface area contributed by atoms with Crippen molar-refractivity contribution in [3.63, 3.8) is 0 Å². The van der Waals surface area contributed by atoms with Crippen molar-refractivity contribution >= 4 is 11.8 Å². The highest BCUT2D eigenvalue weighted by Gasteiger charge is 2.69. The van der Waals surface area contributed by atoms with Crippen molar-refractivity contribution in [2.75, 3.05) is 0 Å². The lowest BCUT2D eigenvalue weighted by atomic mass is 9.69. The van der Waals surface area contributed by atoms with E-state index in [1.807, 2.05) is 52.0 Å². The molecule has 22 heavy (non-hydrogen) atoms. The van der Waals surface area contributed by atoms with Crippen molar-refractivity contribution in [1.29, 1.82) is 0 Å². The molecule has 3 heteroatoms. The van der Waals surface area contributed by atoms with E-state index in [1.165, 1.54) is 5.56 Å². The van der Waals surface area contributed by atoms with Gasteiger partial charge in [-0.15, -0.1) is 0 Å². The normalized spacial score (nSPS) is 30.4. The molecule has 2 bridgehead atoms. The highest BCUT2D eigenvalue weighted by atomic mass is 16.5. The summed E-state index contributed by atoms with van der Waals surface area (Å²) in [6.45, 7) is 8.00. The summed E-state index contributed by atoms with van der Waals surface area (Å²) in [7, 11) is 0. The molecule has 3 nitrogen and oxygen atoms in total. The average molecular weight is 300 g/mol. The molecule has 0 heterocycles. The third kappa shape index (κ3) is 1.94. The van der Waals surface area contributed by atoms with Gasteiger partial charge < -0.3 is 4.74 Å². The Hall–Kier alpha value is -1.64. The largest absolute Gasteiger partial charge is 0.457 e. The summed E-state index contributed by atoms with van der Waals surface area (Å²) >= 11 is 0. The molecule has 3 atom stereocenters. The van der Waals surface area contributed by atoms with Gasteiger partial charge in [-0.1, -0.05) is 43.7 Å². The number of rotatable bonds is 3. The van der Waals surface area contributed by atoms with Crippen LogP contribution < -0.4 is 0 Å². The zero-order chi connectivity index (χ0) is 16.1. The number of carbonyl (C=O) groups is 2. The van der Waals surface area contributed by atoms with Crippen LogP contribution in [-0.4, -0.2) is 11.8 Å². The van der Waals surface area contributed by atoms with Crippen LogP contribution >= 0.6 is 0 Å². The molecule has 1 unspecified atom stereocenters. The minimum Gasteiger partial charge on any atom is -0.457 e. The van der Waals surface area contributed by atoms with Gasteiger partial charge in [0.15, 0.2) is 5.78 Å². The lowest BCUT2D eigenvalue weighted by Crippen LogP contribution is -2.44. The Morgan fingerprint density at radius 1 is 1.27 bits per heavy atom. The first kappa shape index (κ1) is 15.3. The van der Waals surface area contributed by atoms with Crippen LogP contribution in [0.4, 0.5) is 0 Å². The second kappa shape index (κ2) is 4.94. The molecule has 1 aromatic rings. The molecular formula is C19H24O3. The van der Waals surface area contributed by atoms with Crippen molar-refractivity contribution < 1.29 is 14.3 Å². The van der Waals surface area contributed by atoms with E-state index < -0.39 is 5.41 Å². The molecule has 2 aliphatic carbocycles. The van der Waals surface area contributed by atoms with Crippen LogP contribution in [0.1, 0.15) is 57.3 Å². The number of esters is 1. The minimum atomic E-state index is -0.920. The van der Waals surface area contributed by atoms with E-state index in [1.54, 1.807) is 0 Å². The van der Waals surface area contributed by atoms with Gasteiger partial charge in [-0.25, -0.2) is 0 Å². The molecule has 118 valence electrons. The fraction of sp³-hybridized carbons (Fsp3) is 0.579. The van der Waals surface area contributed by atoms with Crippen LogP contribution in [-0.2, 0) is 14.3 Å². The van der Waals surface area contributed by atoms with Gasteiger partial charge in [0.05, 0.1) is 0 Å². The van der Waals surface area contributed by atoms with Crippen molar-refractivity contribution in [1.82, 2.24) is 0 Å². The van der Waals surface area contributed by atoms with E-state index in [4.69, 9.17) is 4.74 Å². The Balaban J connectivity index is 1.82. The maximum absolute atomic E-state index is 12.9. The average Bonchev–Trinajstić information content (AvgIpc) is 2.82. The van der Waals surface area contributed by atoms with Gasteiger partial charge in [0.2, 0.25) is 0 Å². The van der Waals surface area contributed by atoms with Crippen LogP contribution in [0.15, 0.2) is 24.3 Å². The highest BCUT2D eigenvalue weighted by molar-refractivity contribution is 6.07. The first-order valence-corrected chi connectivity index (χ1v) is 8.10. The molecule has 0 aliphatic heterocycles. The molecule has 2 saturated carbocycles. The first-order chi connectivity index (χ1) is 10.3. The van der Waals surface area contributed by atoms with Crippen LogP contribution in [0.3, 0.4) is 0 Å². The van der Waals surface area contributed by atoms with E-state index >= 15 is 0 Å². The quantitative estimate of drug-likeness (QED) is 0.626. The Kier molecular flexibility index (Phi) is 3.42. The summed E-state index contributed by atoms with van der Waals surface area (Å²) in [5, 5.41) is 0. The van der Waals surface area contributed by atoms with E-state index in [0.29, 0.717) is 18.8 Å². The molecule has 3 rings (SSSR count). The van der Waals surface area contributed by atoms with Crippen LogP contribution in [0, 0.1) is 23.7 Å². The van der Waals surface area contributed by atoms with Crippen molar-refractivity contribution in [2.45, 2.75) is 53.1 Å². The molecule has 2 aliphatic rings. The van der Waals surface area contributed by atoms with E-state index in [0.717, 1.165) is 12.0 Å². The van der Waals surface area contributed by atoms with Gasteiger partial charge >= 0.3 is 5.97 Å². The number of ether oxygens (including phenoxy) is 1. The third-order valence-electron chi connectivity index (χ3n) is 6.08. The van der Waals surface area contributed by atoms with E-state index in [-0.39, 0.29) is 23.3 Å². The van der Waals surface area contributed by atoms with E-state index in [9.17, 15) is 9.59 Å². The van der Waals surface area contributed by atoms with Gasteiger partial charge in [-0.3, -0.25) is 9.59 Å². The third-order valence-corrected chi connectivity index (χ3v) is 6.08. The fourth-order valence-electron chi connectivity index (χ4n) is 4.32. The summed E-state index contributed by atoms with van der Waals surface area (Å²) in [6.07, 6.45) is 1.79. The van der Waals surface area contributed by atoms with Crippen molar-refractivity contribution in [3.05, 3.63) is 35.4 Å². The maximum atomic E-state index is 12.9. The second-order valence-corrected chi connectivity index (χ2v) is 7.45. The summed E-state index contributed by atoms with van der Waals surface area (Å²) in [6, 6.07) is 7.97. The topological polar surface area (TPSA) is 43.4 Å². The second-order valence-electron chi connectivity index (χ2n) is 7.45. The minimum absolute atomic E-state index is 0.0786. The molecule has 0 radical (unpaired) electrons. The number of hydrogen-bond donors (Lipinski definition) is 0. The van der Waals surface area contributed by atoms with Crippen LogP contribution in [0.25, 0.3) is 0 Å². The van der Waals surface area contributed by atoms with Crippen molar-refractivity contribution in [2.24, 2.45) is 16.7 Å². The Morgan fingerprint density at radius 2 is 1.91 bits per heavy atom. The fourth-order valence-corrected chi connectivity index (χ4v) is 4.32. The highest BCUT2D eigenvalue weighted by Crippen LogP contribution is 2.64. The molecule has 1 aromatic carbocycles. The zero-order valence-corrected chi connectivity index (χ0v) is 13.8. The molecular weight excluding hydrogens is 276 g/mol. The Bertz CT molecular complexity index is 614. The number of Topliss-reactive ketones (excluding diaryl/α,β-unsaturated/α-hetero) is 1. The lowest BCUT2D eigenvalue weighted by molar-refractivity contribution is -0.169. The Morgan fingerprint density at radius 3 is 2.41 bits per heavy atom. The van der Waals surface area contributed by atoms with Crippen LogP contribution in [0.2, 0.25) is 0 Å². The number of ketones is 1. The summed E-state index contributed by atoms with van der Waals surface area (Å²) in [5.41, 5.74) is 0.935. The van der Waals surface area contributed by atoms with Crippen LogP contribution in [0.5, 0.6) is 0 Å². The van der Waals surface area contributed by atoms with Gasteiger partial charge in [-0.05, 0) is 43.6 Å². The Labute approximate surface area is 132 Å². The maximum Gasteiger partial charge on any atom is 0.320 e. The van der Waals surface area contributed by atoms with E-state index in [2.05, 4.69) is 0 Å². The SMILES string of the molecule is Cc1ccc([C@H](C)OC(=O)[C@]23CCC(CC2=O)C3(C)C)cc1. The first-order valence-electron chi connectivity index (χ1n) is 8.10. The van der Waals surface area contributed by atoms with Gasteiger partial charge in [-0.2, -0.15) is 0 Å². The summed E-state index contributed by atoms with van der Waals surface area (Å²) < 4.78 is 5.73. The molecule has 0 N–H and O–H groups in total. The molecule has 0 saturated heterocycles. The van der Waals surface area contributed by atoms with Gasteiger partial charge in [0.25, 0.3) is 0 Å². The number of hydrogen-bond acceptors (Lipinski definition) is 3. The number of carbonyl (C=O) groups excluding carboxylic acids is 2. The molecule has 0 aromatic heterocycles. The zero-order valence-electron chi connectivity index (χ0n) is 13.8. The standard InChI is InChI=1S/C19H24O3/c1-12-5-7-14(8-6-12)13(2)22-17(21)19-10-9-15(11-16(19)20)18(19,3)4/h5-8,13,15H,9-11H2,1-4H3/t13-,15?,19-/m0/s1. The monoisotopic (exact) mass is 300 g/mol. The molecule has 0 amide bonds. The smallest absolute Gasteiger partial charge is 0.320 e. The summed E-state index contributed by atoms with van der Waals surface area (Å²) in [5.74, 6) is 0.0765. The predicted octanol–water partition coefficient (Wildman–Crippen LogP) is 3.99. The predicted molar refractivity (Wildman–Crippen MR) is 84.2 cm³/mol. The molecule has 2 fully saturated rings. The lowest BCUT2D eigenvalue weighted by Gasteiger charge is -2.34. The number of benzene rings is 1. The summed E-state index contributed by atoms with van der Waals surface area (Å²) in [4.78, 5) is 25.3.